The van der Waals surface area contributed by atoms with E-state index >= 15 is 0 Å². The Morgan fingerprint density at radius 2 is 2.23 bits per heavy atom. The van der Waals surface area contributed by atoms with Gasteiger partial charge in [-0.05, 0) is 12.0 Å². The topological polar surface area (TPSA) is 43.1 Å². The molecule has 0 saturated carbocycles. The second-order valence-corrected chi connectivity index (χ2v) is 3.52. The fraction of sp³-hybridized carbons (Fsp3) is 0.375. The largest absolute Gasteiger partial charge is 0.253 e. The van der Waals surface area contributed by atoms with Crippen molar-refractivity contribution in [1.29, 1.82) is 0 Å². The van der Waals surface area contributed by atoms with Crippen molar-refractivity contribution < 1.29 is 0 Å². The molecule has 68 valence electrons. The molecule has 0 fully saturated rings. The first-order valence-corrected chi connectivity index (χ1v) is 4.42. The van der Waals surface area contributed by atoms with Gasteiger partial charge in [0.2, 0.25) is 0 Å². The number of hydrogen-bond donors (Lipinski definition) is 0. The van der Waals surface area contributed by atoms with E-state index in [1.807, 2.05) is 6.07 Å². The van der Waals surface area contributed by atoms with Gasteiger partial charge in [-0.3, -0.25) is 0 Å². The van der Waals surface area contributed by atoms with E-state index in [9.17, 15) is 0 Å². The van der Waals surface area contributed by atoms with Gasteiger partial charge >= 0.3 is 0 Å². The highest BCUT2D eigenvalue weighted by Gasteiger charge is 2.07. The summed E-state index contributed by atoms with van der Waals surface area (Å²) in [5.74, 6) is 0.899. The van der Waals surface area contributed by atoms with Crippen molar-refractivity contribution in [3.8, 4) is 0 Å². The van der Waals surface area contributed by atoms with Crippen LogP contribution in [0.15, 0.2) is 12.4 Å². The van der Waals surface area contributed by atoms with Crippen LogP contribution in [0.4, 0.5) is 0 Å². The molecule has 2 heterocycles. The van der Waals surface area contributed by atoms with Gasteiger partial charge in [0.1, 0.15) is 11.5 Å². The fourth-order valence-corrected chi connectivity index (χ4v) is 1.32. The number of rotatable bonds is 1. The van der Waals surface area contributed by atoms with Gasteiger partial charge in [-0.25, -0.2) is 4.98 Å². The fourth-order valence-electron chi connectivity index (χ4n) is 1.09. The van der Waals surface area contributed by atoms with Gasteiger partial charge < -0.3 is 0 Å². The molecule has 0 aliphatic rings. The minimum atomic E-state index is 0.346. The molecular formula is C8H9ClN4. The Morgan fingerprint density at radius 1 is 1.46 bits per heavy atom. The Bertz CT molecular complexity index is 435. The third-order valence-electron chi connectivity index (χ3n) is 1.82. The molecule has 0 aliphatic heterocycles. The molecule has 2 aromatic heterocycles. The zero-order chi connectivity index (χ0) is 9.42. The third kappa shape index (κ3) is 1.37. The lowest BCUT2D eigenvalue weighted by molar-refractivity contribution is 0.807. The standard InChI is InChI=1S/C8H9ClN4/c1-5(2)6-3-7(9)13-8(12-6)10-4-11-13/h3-5H,1-2H3. The second kappa shape index (κ2) is 2.96. The Hall–Kier alpha value is -1.16. The highest BCUT2D eigenvalue weighted by atomic mass is 35.5. The van der Waals surface area contributed by atoms with E-state index in [0.29, 0.717) is 16.8 Å². The lowest BCUT2D eigenvalue weighted by Crippen LogP contribution is -1.99. The van der Waals surface area contributed by atoms with Gasteiger partial charge in [-0.2, -0.15) is 14.6 Å². The number of hydrogen-bond acceptors (Lipinski definition) is 3. The molecule has 2 aromatic rings. The molecule has 0 bridgehead atoms. The van der Waals surface area contributed by atoms with Crippen LogP contribution in [0.1, 0.15) is 25.5 Å². The molecule has 0 radical (unpaired) electrons. The number of halogens is 1. The van der Waals surface area contributed by atoms with Crippen LogP contribution in [-0.4, -0.2) is 19.6 Å². The zero-order valence-electron chi connectivity index (χ0n) is 7.40. The summed E-state index contributed by atoms with van der Waals surface area (Å²) in [6.07, 6.45) is 1.44. The van der Waals surface area contributed by atoms with Gasteiger partial charge in [0.25, 0.3) is 5.78 Å². The van der Waals surface area contributed by atoms with Crippen LogP contribution in [0.5, 0.6) is 0 Å². The maximum Gasteiger partial charge on any atom is 0.253 e. The first-order valence-electron chi connectivity index (χ1n) is 4.04. The molecule has 0 N–H and O–H groups in total. The zero-order valence-corrected chi connectivity index (χ0v) is 8.15. The molecule has 0 unspecified atom stereocenters. The van der Waals surface area contributed by atoms with Crippen molar-refractivity contribution in [3.63, 3.8) is 0 Å². The van der Waals surface area contributed by atoms with Crippen LogP contribution in [0.25, 0.3) is 5.78 Å². The first-order chi connectivity index (χ1) is 6.18. The highest BCUT2D eigenvalue weighted by Crippen LogP contribution is 2.17. The van der Waals surface area contributed by atoms with Crippen molar-refractivity contribution in [2.75, 3.05) is 0 Å². The lowest BCUT2D eigenvalue weighted by Gasteiger charge is -2.04. The SMILES string of the molecule is CC(C)c1cc(Cl)n2ncnc2n1. The molecular weight excluding hydrogens is 188 g/mol. The quantitative estimate of drug-likeness (QED) is 0.655. The molecule has 13 heavy (non-hydrogen) atoms. The van der Waals surface area contributed by atoms with E-state index in [0.717, 1.165) is 5.69 Å². The van der Waals surface area contributed by atoms with Crippen LogP contribution >= 0.6 is 11.6 Å². The minimum Gasteiger partial charge on any atom is -0.216 e. The molecule has 2 rings (SSSR count). The van der Waals surface area contributed by atoms with Crippen LogP contribution in [-0.2, 0) is 0 Å². The van der Waals surface area contributed by atoms with Gasteiger partial charge in [0.05, 0.1) is 5.69 Å². The van der Waals surface area contributed by atoms with E-state index in [1.54, 1.807) is 0 Å². The summed E-state index contributed by atoms with van der Waals surface area (Å²) in [5.41, 5.74) is 0.936. The van der Waals surface area contributed by atoms with Gasteiger partial charge in [-0.15, -0.1) is 0 Å². The Balaban J connectivity index is 2.70. The summed E-state index contributed by atoms with van der Waals surface area (Å²) in [6, 6.07) is 1.81. The predicted octanol–water partition coefficient (Wildman–Crippen LogP) is 1.90. The summed E-state index contributed by atoms with van der Waals surface area (Å²) < 4.78 is 1.51. The summed E-state index contributed by atoms with van der Waals surface area (Å²) in [5, 5.41) is 4.48. The first kappa shape index (κ1) is 8.44. The summed E-state index contributed by atoms with van der Waals surface area (Å²) in [6.45, 7) is 4.12. The van der Waals surface area contributed by atoms with Gasteiger partial charge in [0.15, 0.2) is 0 Å². The Labute approximate surface area is 80.6 Å². The van der Waals surface area contributed by atoms with Crippen molar-refractivity contribution >= 4 is 17.4 Å². The van der Waals surface area contributed by atoms with Crippen LogP contribution in [0.3, 0.4) is 0 Å². The maximum atomic E-state index is 5.97. The highest BCUT2D eigenvalue weighted by molar-refractivity contribution is 6.29. The van der Waals surface area contributed by atoms with Gasteiger partial charge in [0, 0.05) is 0 Å². The van der Waals surface area contributed by atoms with Crippen molar-refractivity contribution in [3.05, 3.63) is 23.2 Å². The van der Waals surface area contributed by atoms with Crippen molar-refractivity contribution in [2.24, 2.45) is 0 Å². The second-order valence-electron chi connectivity index (χ2n) is 3.13. The number of nitrogens with zero attached hydrogens (tertiary/aromatic N) is 4. The van der Waals surface area contributed by atoms with Gasteiger partial charge in [-0.1, -0.05) is 25.4 Å². The molecule has 0 aromatic carbocycles. The number of aromatic nitrogens is 4. The molecule has 4 nitrogen and oxygen atoms in total. The van der Waals surface area contributed by atoms with Crippen LogP contribution < -0.4 is 0 Å². The Morgan fingerprint density at radius 3 is 2.92 bits per heavy atom. The smallest absolute Gasteiger partial charge is 0.216 e. The molecule has 0 amide bonds. The van der Waals surface area contributed by atoms with E-state index in [2.05, 4.69) is 28.9 Å². The number of fused-ring (bicyclic) bond motifs is 1. The average molecular weight is 197 g/mol. The maximum absolute atomic E-state index is 5.97. The normalized spacial score (nSPS) is 11.4. The molecule has 0 saturated heterocycles. The van der Waals surface area contributed by atoms with Crippen molar-refractivity contribution in [2.45, 2.75) is 19.8 Å². The van der Waals surface area contributed by atoms with Crippen LogP contribution in [0, 0.1) is 0 Å². The lowest BCUT2D eigenvalue weighted by atomic mass is 10.1. The third-order valence-corrected chi connectivity index (χ3v) is 2.09. The molecule has 0 aliphatic carbocycles. The predicted molar refractivity (Wildman–Crippen MR) is 49.9 cm³/mol. The minimum absolute atomic E-state index is 0.346. The Kier molecular flexibility index (Phi) is 1.92. The molecule has 5 heteroatoms. The van der Waals surface area contributed by atoms with E-state index < -0.39 is 0 Å². The molecule has 0 atom stereocenters. The summed E-state index contributed by atoms with van der Waals surface area (Å²) in [7, 11) is 0. The van der Waals surface area contributed by atoms with E-state index in [1.165, 1.54) is 10.8 Å². The monoisotopic (exact) mass is 196 g/mol. The summed E-state index contributed by atoms with van der Waals surface area (Å²) in [4.78, 5) is 8.28. The van der Waals surface area contributed by atoms with Crippen LogP contribution in [0.2, 0.25) is 5.15 Å². The van der Waals surface area contributed by atoms with E-state index in [-0.39, 0.29) is 0 Å². The van der Waals surface area contributed by atoms with E-state index in [4.69, 9.17) is 11.6 Å². The van der Waals surface area contributed by atoms with Crippen molar-refractivity contribution in [1.82, 2.24) is 19.6 Å². The average Bonchev–Trinajstić information content (AvgIpc) is 2.51. The molecule has 0 spiro atoms. The summed E-state index contributed by atoms with van der Waals surface area (Å²) >= 11 is 5.97.